The lowest BCUT2D eigenvalue weighted by Crippen LogP contribution is -2.37. The summed E-state index contributed by atoms with van der Waals surface area (Å²) in [5.41, 5.74) is 1.34. The number of hydrogen-bond acceptors (Lipinski definition) is 1. The van der Waals surface area contributed by atoms with E-state index in [9.17, 15) is 4.79 Å². The minimum Gasteiger partial charge on any atom is -0.353 e. The summed E-state index contributed by atoms with van der Waals surface area (Å²) in [6.45, 7) is 2.10. The molecule has 1 aliphatic carbocycles. The number of benzene rings is 1. The average Bonchev–Trinajstić information content (AvgIpc) is 2.47. The third-order valence-electron chi connectivity index (χ3n) is 3.74. The molecule has 2 rings (SSSR count). The summed E-state index contributed by atoms with van der Waals surface area (Å²) >= 11 is 0. The van der Waals surface area contributed by atoms with Crippen LogP contribution >= 0.6 is 0 Å². The van der Waals surface area contributed by atoms with Crippen LogP contribution < -0.4 is 5.32 Å². The van der Waals surface area contributed by atoms with Crippen molar-refractivity contribution in [3.8, 4) is 0 Å². The SMILES string of the molecule is C[C@H](CCc1ccccc1)NC(=O)[C@H]1CC=CCC1. The summed E-state index contributed by atoms with van der Waals surface area (Å²) in [4.78, 5) is 12.1. The zero-order valence-corrected chi connectivity index (χ0v) is 11.6. The Morgan fingerprint density at radius 2 is 2.11 bits per heavy atom. The molecule has 1 aromatic rings. The minimum absolute atomic E-state index is 0.184. The van der Waals surface area contributed by atoms with Crippen LogP contribution in [0.4, 0.5) is 0 Å². The van der Waals surface area contributed by atoms with Gasteiger partial charge in [0.15, 0.2) is 0 Å². The number of aryl methyl sites for hydroxylation is 1. The maximum atomic E-state index is 12.1. The van der Waals surface area contributed by atoms with E-state index in [0.717, 1.165) is 32.1 Å². The fourth-order valence-electron chi connectivity index (χ4n) is 2.49. The number of carbonyl (C=O) groups is 1. The van der Waals surface area contributed by atoms with Gasteiger partial charge < -0.3 is 5.32 Å². The van der Waals surface area contributed by atoms with Crippen molar-refractivity contribution in [3.05, 3.63) is 48.0 Å². The number of rotatable bonds is 5. The molecule has 1 aromatic carbocycles. The van der Waals surface area contributed by atoms with E-state index < -0.39 is 0 Å². The first-order valence-corrected chi connectivity index (χ1v) is 7.25. The van der Waals surface area contributed by atoms with Crippen molar-refractivity contribution in [2.24, 2.45) is 5.92 Å². The Bertz CT molecular complexity index is 424. The Kier molecular flexibility index (Phi) is 5.20. The van der Waals surface area contributed by atoms with Gasteiger partial charge in [-0.05, 0) is 44.6 Å². The highest BCUT2D eigenvalue weighted by molar-refractivity contribution is 5.79. The van der Waals surface area contributed by atoms with E-state index >= 15 is 0 Å². The molecule has 0 fully saturated rings. The lowest BCUT2D eigenvalue weighted by molar-refractivity contribution is -0.125. The summed E-state index contributed by atoms with van der Waals surface area (Å²) in [5.74, 6) is 0.411. The van der Waals surface area contributed by atoms with Crippen molar-refractivity contribution in [1.29, 1.82) is 0 Å². The first kappa shape index (κ1) is 13.9. The van der Waals surface area contributed by atoms with Gasteiger partial charge in [-0.15, -0.1) is 0 Å². The number of amides is 1. The number of hydrogen-bond donors (Lipinski definition) is 1. The standard InChI is InChI=1S/C17H23NO/c1-14(12-13-15-8-4-2-5-9-15)18-17(19)16-10-6-3-7-11-16/h2-6,8-9,14,16H,7,10-13H2,1H3,(H,18,19)/t14-,16+/m1/s1. The van der Waals surface area contributed by atoms with Gasteiger partial charge in [-0.2, -0.15) is 0 Å². The predicted molar refractivity (Wildman–Crippen MR) is 78.8 cm³/mol. The van der Waals surface area contributed by atoms with E-state index in [0.29, 0.717) is 0 Å². The van der Waals surface area contributed by atoms with Crippen molar-refractivity contribution >= 4 is 5.91 Å². The molecule has 102 valence electrons. The molecular formula is C17H23NO. The first-order chi connectivity index (χ1) is 9.25. The molecule has 19 heavy (non-hydrogen) atoms. The number of allylic oxidation sites excluding steroid dienone is 2. The summed E-state index contributed by atoms with van der Waals surface area (Å²) < 4.78 is 0. The molecule has 0 spiro atoms. The van der Waals surface area contributed by atoms with Gasteiger partial charge in [0.1, 0.15) is 0 Å². The Hall–Kier alpha value is -1.57. The Balaban J connectivity index is 1.73. The molecule has 0 bridgehead atoms. The van der Waals surface area contributed by atoms with E-state index in [4.69, 9.17) is 0 Å². The fourth-order valence-corrected chi connectivity index (χ4v) is 2.49. The largest absolute Gasteiger partial charge is 0.353 e. The third-order valence-corrected chi connectivity index (χ3v) is 3.74. The molecule has 2 heteroatoms. The average molecular weight is 257 g/mol. The number of carbonyl (C=O) groups excluding carboxylic acids is 1. The summed E-state index contributed by atoms with van der Waals surface area (Å²) in [6.07, 6.45) is 9.25. The van der Waals surface area contributed by atoms with Crippen LogP contribution in [0.1, 0.15) is 38.2 Å². The van der Waals surface area contributed by atoms with E-state index in [1.54, 1.807) is 0 Å². The minimum atomic E-state index is 0.184. The molecule has 1 N–H and O–H groups in total. The summed E-state index contributed by atoms with van der Waals surface area (Å²) in [5, 5.41) is 3.15. The molecule has 2 atom stereocenters. The van der Waals surface area contributed by atoms with Crippen LogP contribution in [0.2, 0.25) is 0 Å². The van der Waals surface area contributed by atoms with Crippen molar-refractivity contribution in [1.82, 2.24) is 5.32 Å². The van der Waals surface area contributed by atoms with Gasteiger partial charge in [0.05, 0.1) is 0 Å². The molecule has 0 heterocycles. The van der Waals surface area contributed by atoms with Gasteiger partial charge >= 0.3 is 0 Å². The second-order valence-corrected chi connectivity index (χ2v) is 5.42. The lowest BCUT2D eigenvalue weighted by atomic mass is 9.93. The van der Waals surface area contributed by atoms with Crippen LogP contribution in [0.15, 0.2) is 42.5 Å². The van der Waals surface area contributed by atoms with Crippen LogP contribution in [0.3, 0.4) is 0 Å². The zero-order valence-electron chi connectivity index (χ0n) is 11.6. The highest BCUT2D eigenvalue weighted by atomic mass is 16.1. The van der Waals surface area contributed by atoms with Gasteiger partial charge in [0.25, 0.3) is 0 Å². The monoisotopic (exact) mass is 257 g/mol. The van der Waals surface area contributed by atoms with Crippen LogP contribution in [-0.2, 0) is 11.2 Å². The molecule has 0 aliphatic heterocycles. The molecule has 0 saturated carbocycles. The zero-order chi connectivity index (χ0) is 13.5. The van der Waals surface area contributed by atoms with Crippen molar-refractivity contribution in [2.45, 2.75) is 45.1 Å². The van der Waals surface area contributed by atoms with Crippen LogP contribution in [0.5, 0.6) is 0 Å². The summed E-state index contributed by atoms with van der Waals surface area (Å²) in [6, 6.07) is 10.7. The topological polar surface area (TPSA) is 29.1 Å². The van der Waals surface area contributed by atoms with Crippen molar-refractivity contribution < 1.29 is 4.79 Å². The lowest BCUT2D eigenvalue weighted by Gasteiger charge is -2.20. The van der Waals surface area contributed by atoms with Crippen LogP contribution in [0, 0.1) is 5.92 Å². The van der Waals surface area contributed by atoms with Gasteiger partial charge in [-0.1, -0.05) is 42.5 Å². The molecule has 0 radical (unpaired) electrons. The van der Waals surface area contributed by atoms with E-state index in [1.165, 1.54) is 5.56 Å². The van der Waals surface area contributed by atoms with Gasteiger partial charge in [0, 0.05) is 12.0 Å². The van der Waals surface area contributed by atoms with Gasteiger partial charge in [-0.3, -0.25) is 4.79 Å². The highest BCUT2D eigenvalue weighted by Gasteiger charge is 2.19. The Morgan fingerprint density at radius 1 is 1.32 bits per heavy atom. The van der Waals surface area contributed by atoms with E-state index in [2.05, 4.69) is 48.7 Å². The highest BCUT2D eigenvalue weighted by Crippen LogP contribution is 2.18. The number of nitrogens with one attached hydrogen (secondary N) is 1. The van der Waals surface area contributed by atoms with Gasteiger partial charge in [-0.25, -0.2) is 0 Å². The quantitative estimate of drug-likeness (QED) is 0.804. The smallest absolute Gasteiger partial charge is 0.223 e. The first-order valence-electron chi connectivity index (χ1n) is 7.25. The third kappa shape index (κ3) is 4.55. The second kappa shape index (κ2) is 7.13. The Morgan fingerprint density at radius 3 is 2.79 bits per heavy atom. The summed E-state index contributed by atoms with van der Waals surface area (Å²) in [7, 11) is 0. The van der Waals surface area contributed by atoms with E-state index in [1.807, 2.05) is 6.07 Å². The molecular weight excluding hydrogens is 234 g/mol. The van der Waals surface area contributed by atoms with Crippen LogP contribution in [-0.4, -0.2) is 11.9 Å². The predicted octanol–water partition coefficient (Wildman–Crippen LogP) is 3.48. The second-order valence-electron chi connectivity index (χ2n) is 5.42. The molecule has 1 amide bonds. The molecule has 0 aromatic heterocycles. The maximum absolute atomic E-state index is 12.1. The van der Waals surface area contributed by atoms with Gasteiger partial charge in [0.2, 0.25) is 5.91 Å². The van der Waals surface area contributed by atoms with Crippen molar-refractivity contribution in [3.63, 3.8) is 0 Å². The normalized spacial score (nSPS) is 19.9. The molecule has 2 nitrogen and oxygen atoms in total. The Labute approximate surface area is 115 Å². The molecule has 1 aliphatic rings. The molecule has 0 saturated heterocycles. The fraction of sp³-hybridized carbons (Fsp3) is 0.471. The molecule has 0 unspecified atom stereocenters. The van der Waals surface area contributed by atoms with E-state index in [-0.39, 0.29) is 17.9 Å². The van der Waals surface area contributed by atoms with Crippen molar-refractivity contribution in [2.75, 3.05) is 0 Å². The maximum Gasteiger partial charge on any atom is 0.223 e. The van der Waals surface area contributed by atoms with Crippen LogP contribution in [0.25, 0.3) is 0 Å².